The van der Waals surface area contributed by atoms with Crippen molar-refractivity contribution in [1.82, 2.24) is 5.32 Å². The van der Waals surface area contributed by atoms with Crippen LogP contribution < -0.4 is 10.6 Å². The lowest BCUT2D eigenvalue weighted by Gasteiger charge is -2.15. The van der Waals surface area contributed by atoms with Gasteiger partial charge in [0.05, 0.1) is 6.42 Å². The minimum absolute atomic E-state index is 0.0123. The summed E-state index contributed by atoms with van der Waals surface area (Å²) in [6, 6.07) is 11.7. The molecule has 1 amide bonds. The van der Waals surface area contributed by atoms with Gasteiger partial charge in [0.25, 0.3) is 0 Å². The molecule has 0 atom stereocenters. The summed E-state index contributed by atoms with van der Waals surface area (Å²) in [4.78, 5) is 17.5. The van der Waals surface area contributed by atoms with E-state index in [1.54, 1.807) is 11.3 Å². The third-order valence-electron chi connectivity index (χ3n) is 3.25. The predicted octanol–water partition coefficient (Wildman–Crippen LogP) is 2.67. The third kappa shape index (κ3) is 3.70. The Morgan fingerprint density at radius 3 is 2.81 bits per heavy atom. The van der Waals surface area contributed by atoms with Crippen LogP contribution in [0, 0.1) is 0 Å². The Morgan fingerprint density at radius 1 is 1.29 bits per heavy atom. The lowest BCUT2D eigenvalue weighted by atomic mass is 10.1. The summed E-state index contributed by atoms with van der Waals surface area (Å²) in [7, 11) is 0. The number of hydrogen-bond acceptors (Lipinski definition) is 4. The van der Waals surface area contributed by atoms with Crippen molar-refractivity contribution in [2.24, 2.45) is 4.99 Å². The van der Waals surface area contributed by atoms with Crippen molar-refractivity contribution in [2.75, 3.05) is 18.4 Å². The number of benzene rings is 1. The van der Waals surface area contributed by atoms with Crippen LogP contribution >= 0.6 is 11.3 Å². The maximum Gasteiger partial charge on any atom is 0.229 e. The van der Waals surface area contributed by atoms with E-state index in [9.17, 15) is 4.79 Å². The van der Waals surface area contributed by atoms with Crippen LogP contribution in [0.25, 0.3) is 0 Å². The Kier molecular flexibility index (Phi) is 4.31. The van der Waals surface area contributed by atoms with Crippen molar-refractivity contribution in [3.8, 4) is 0 Å². The molecule has 3 rings (SSSR count). The van der Waals surface area contributed by atoms with Gasteiger partial charge in [-0.1, -0.05) is 6.07 Å². The number of nitrogens with zero attached hydrogens (tertiary/aromatic N) is 1. The van der Waals surface area contributed by atoms with Crippen LogP contribution in [0.15, 0.2) is 46.8 Å². The number of carbonyl (C=O) groups excluding carboxylic acids is 1. The topological polar surface area (TPSA) is 53.5 Å². The molecule has 1 aliphatic rings. The Balaban J connectivity index is 1.61. The summed E-state index contributed by atoms with van der Waals surface area (Å²) in [6.07, 6.45) is 1.51. The van der Waals surface area contributed by atoms with Crippen LogP contribution in [0.4, 0.5) is 5.69 Å². The molecule has 4 nitrogen and oxygen atoms in total. The average Bonchev–Trinajstić information content (AvgIpc) is 3.02. The Bertz CT molecular complexity index is 632. The molecule has 0 aliphatic carbocycles. The van der Waals surface area contributed by atoms with Gasteiger partial charge in [-0.05, 0) is 42.1 Å². The molecular formula is C16H17N3OS. The minimum Gasteiger partial charge on any atom is -0.370 e. The molecule has 0 spiro atoms. The number of amidine groups is 1. The number of amides is 1. The molecule has 1 aromatic carbocycles. The summed E-state index contributed by atoms with van der Waals surface area (Å²) in [5.41, 5.74) is 1.88. The van der Waals surface area contributed by atoms with Gasteiger partial charge in [-0.3, -0.25) is 9.79 Å². The highest BCUT2D eigenvalue weighted by molar-refractivity contribution is 7.10. The molecule has 0 fully saturated rings. The molecule has 21 heavy (non-hydrogen) atoms. The van der Waals surface area contributed by atoms with E-state index in [1.165, 1.54) is 0 Å². The first kappa shape index (κ1) is 13.8. The summed E-state index contributed by atoms with van der Waals surface area (Å²) < 4.78 is 0. The molecule has 5 heteroatoms. The SMILES string of the molecule is O=C(Cc1cccs1)Nc1ccc(C2=NCCCN2)cc1. The van der Waals surface area contributed by atoms with E-state index in [-0.39, 0.29) is 5.91 Å². The zero-order chi connectivity index (χ0) is 14.5. The van der Waals surface area contributed by atoms with Crippen LogP contribution in [0.3, 0.4) is 0 Å². The number of anilines is 1. The van der Waals surface area contributed by atoms with E-state index in [4.69, 9.17) is 0 Å². The van der Waals surface area contributed by atoms with Crippen molar-refractivity contribution >= 4 is 28.8 Å². The van der Waals surface area contributed by atoms with Gasteiger partial charge >= 0.3 is 0 Å². The lowest BCUT2D eigenvalue weighted by molar-refractivity contribution is -0.115. The first-order valence-corrected chi connectivity index (χ1v) is 7.90. The Labute approximate surface area is 127 Å². The van der Waals surface area contributed by atoms with Crippen molar-refractivity contribution in [1.29, 1.82) is 0 Å². The van der Waals surface area contributed by atoms with Crippen molar-refractivity contribution in [2.45, 2.75) is 12.8 Å². The van der Waals surface area contributed by atoms with Crippen LogP contribution in [-0.4, -0.2) is 24.8 Å². The van der Waals surface area contributed by atoms with Gasteiger partial charge in [-0.25, -0.2) is 0 Å². The standard InChI is InChI=1S/C16H17N3OS/c20-15(11-14-3-1-10-21-14)19-13-6-4-12(5-7-13)16-17-8-2-9-18-16/h1,3-7,10H,2,8-9,11H2,(H,17,18)(H,19,20). The Morgan fingerprint density at radius 2 is 2.14 bits per heavy atom. The molecule has 1 aromatic heterocycles. The number of aliphatic imine (C=N–C) groups is 1. The molecule has 2 aromatic rings. The third-order valence-corrected chi connectivity index (χ3v) is 4.13. The normalized spacial score (nSPS) is 14.2. The highest BCUT2D eigenvalue weighted by atomic mass is 32.1. The molecule has 1 aliphatic heterocycles. The van der Waals surface area contributed by atoms with Gasteiger partial charge < -0.3 is 10.6 Å². The molecule has 0 saturated heterocycles. The summed E-state index contributed by atoms with van der Waals surface area (Å²) in [5, 5.41) is 8.19. The zero-order valence-corrected chi connectivity index (χ0v) is 12.5. The van der Waals surface area contributed by atoms with Crippen LogP contribution in [0.2, 0.25) is 0 Å². The van der Waals surface area contributed by atoms with Gasteiger partial charge in [-0.2, -0.15) is 0 Å². The van der Waals surface area contributed by atoms with Gasteiger partial charge in [-0.15, -0.1) is 11.3 Å². The minimum atomic E-state index is 0.0123. The fraction of sp³-hybridized carbons (Fsp3) is 0.250. The number of carbonyl (C=O) groups is 1. The number of nitrogens with one attached hydrogen (secondary N) is 2. The number of rotatable bonds is 4. The smallest absolute Gasteiger partial charge is 0.229 e. The molecule has 0 unspecified atom stereocenters. The summed E-state index contributed by atoms with van der Waals surface area (Å²) >= 11 is 1.60. The fourth-order valence-corrected chi connectivity index (χ4v) is 2.92. The number of thiophene rings is 1. The first-order chi connectivity index (χ1) is 10.3. The first-order valence-electron chi connectivity index (χ1n) is 7.02. The van der Waals surface area contributed by atoms with Crippen molar-refractivity contribution < 1.29 is 4.79 Å². The monoisotopic (exact) mass is 299 g/mol. The van der Waals surface area contributed by atoms with E-state index < -0.39 is 0 Å². The highest BCUT2D eigenvalue weighted by Gasteiger charge is 2.08. The second-order valence-electron chi connectivity index (χ2n) is 4.89. The zero-order valence-electron chi connectivity index (χ0n) is 11.6. The lowest BCUT2D eigenvalue weighted by Crippen LogP contribution is -2.30. The second-order valence-corrected chi connectivity index (χ2v) is 5.92. The van der Waals surface area contributed by atoms with Gasteiger partial charge in [0.1, 0.15) is 5.84 Å². The molecule has 0 radical (unpaired) electrons. The molecule has 0 saturated carbocycles. The van der Waals surface area contributed by atoms with Gasteiger partial charge in [0, 0.05) is 29.2 Å². The Hall–Kier alpha value is -2.14. The number of hydrogen-bond donors (Lipinski definition) is 2. The fourth-order valence-electron chi connectivity index (χ4n) is 2.21. The molecule has 0 bridgehead atoms. The van der Waals surface area contributed by atoms with Crippen molar-refractivity contribution in [3.63, 3.8) is 0 Å². The largest absolute Gasteiger partial charge is 0.370 e. The van der Waals surface area contributed by atoms with E-state index in [0.29, 0.717) is 6.42 Å². The quantitative estimate of drug-likeness (QED) is 0.912. The predicted molar refractivity (Wildman–Crippen MR) is 87.1 cm³/mol. The molecule has 2 heterocycles. The van der Waals surface area contributed by atoms with Gasteiger partial charge in [0.2, 0.25) is 5.91 Å². The van der Waals surface area contributed by atoms with Crippen LogP contribution in [0.1, 0.15) is 16.9 Å². The van der Waals surface area contributed by atoms with E-state index in [1.807, 2.05) is 41.8 Å². The second kappa shape index (κ2) is 6.54. The maximum atomic E-state index is 11.9. The summed E-state index contributed by atoms with van der Waals surface area (Å²) in [5.74, 6) is 0.955. The van der Waals surface area contributed by atoms with Gasteiger partial charge in [0.15, 0.2) is 0 Å². The maximum absolute atomic E-state index is 11.9. The molecule has 2 N–H and O–H groups in total. The van der Waals surface area contributed by atoms with E-state index >= 15 is 0 Å². The van der Waals surface area contributed by atoms with E-state index in [2.05, 4.69) is 15.6 Å². The highest BCUT2D eigenvalue weighted by Crippen LogP contribution is 2.13. The molecular weight excluding hydrogens is 282 g/mol. The van der Waals surface area contributed by atoms with E-state index in [0.717, 1.165) is 41.5 Å². The summed E-state index contributed by atoms with van der Waals surface area (Å²) in [6.45, 7) is 1.85. The van der Waals surface area contributed by atoms with Crippen LogP contribution in [0.5, 0.6) is 0 Å². The van der Waals surface area contributed by atoms with Crippen LogP contribution in [-0.2, 0) is 11.2 Å². The average molecular weight is 299 g/mol. The van der Waals surface area contributed by atoms with Crippen molar-refractivity contribution in [3.05, 3.63) is 52.2 Å². The molecule has 108 valence electrons.